The summed E-state index contributed by atoms with van der Waals surface area (Å²) < 4.78 is 42.6. The number of hydrogen-bond acceptors (Lipinski definition) is 4. The van der Waals surface area contributed by atoms with Crippen molar-refractivity contribution in [3.63, 3.8) is 0 Å². The number of nitrogens with zero attached hydrogens (tertiary/aromatic N) is 2. The van der Waals surface area contributed by atoms with Crippen molar-refractivity contribution < 1.29 is 17.9 Å². The zero-order valence-corrected chi connectivity index (χ0v) is 11.3. The lowest BCUT2D eigenvalue weighted by atomic mass is 10.2. The van der Waals surface area contributed by atoms with E-state index in [4.69, 9.17) is 4.74 Å². The molecule has 1 N–H and O–H groups in total. The Kier molecular flexibility index (Phi) is 4.62. The number of alkyl halides is 3. The lowest BCUT2D eigenvalue weighted by molar-refractivity contribution is -0.137. The maximum Gasteiger partial charge on any atom is 0.416 e. The highest BCUT2D eigenvalue weighted by Crippen LogP contribution is 2.30. The predicted octanol–water partition coefficient (Wildman–Crippen LogP) is 3.51. The molecule has 0 bridgehead atoms. The number of halogens is 3. The molecule has 0 spiro atoms. The minimum Gasteiger partial charge on any atom is -0.487 e. The third-order valence-electron chi connectivity index (χ3n) is 2.63. The van der Waals surface area contributed by atoms with E-state index in [0.717, 1.165) is 18.7 Å². The van der Waals surface area contributed by atoms with Crippen molar-refractivity contribution in [2.45, 2.75) is 19.7 Å². The highest BCUT2D eigenvalue weighted by Gasteiger charge is 2.29. The van der Waals surface area contributed by atoms with Gasteiger partial charge in [-0.2, -0.15) is 13.2 Å². The van der Waals surface area contributed by atoms with Crippen LogP contribution in [0.1, 0.15) is 18.2 Å². The summed E-state index contributed by atoms with van der Waals surface area (Å²) in [5.41, 5.74) is -0.110. The lowest BCUT2D eigenvalue weighted by Gasteiger charge is -2.09. The summed E-state index contributed by atoms with van der Waals surface area (Å²) in [7, 11) is 0. The van der Waals surface area contributed by atoms with Gasteiger partial charge >= 0.3 is 6.18 Å². The Morgan fingerprint density at radius 3 is 2.33 bits per heavy atom. The minimum absolute atomic E-state index is 0.144. The Balaban J connectivity index is 1.93. The van der Waals surface area contributed by atoms with Gasteiger partial charge in [-0.3, -0.25) is 4.98 Å². The van der Waals surface area contributed by atoms with Crippen LogP contribution in [0, 0.1) is 0 Å². The normalized spacial score (nSPS) is 11.2. The molecule has 0 radical (unpaired) electrons. The fourth-order valence-corrected chi connectivity index (χ4v) is 1.60. The van der Waals surface area contributed by atoms with E-state index < -0.39 is 11.7 Å². The molecule has 0 aliphatic carbocycles. The number of hydrogen-bond donors (Lipinski definition) is 1. The monoisotopic (exact) mass is 297 g/mol. The van der Waals surface area contributed by atoms with Crippen molar-refractivity contribution in [3.8, 4) is 5.75 Å². The number of benzene rings is 1. The van der Waals surface area contributed by atoms with Crippen LogP contribution in [-0.4, -0.2) is 16.5 Å². The average molecular weight is 297 g/mol. The molecule has 2 aromatic rings. The number of anilines is 1. The van der Waals surface area contributed by atoms with Crippen LogP contribution >= 0.6 is 0 Å². The molecule has 0 amide bonds. The largest absolute Gasteiger partial charge is 0.487 e. The van der Waals surface area contributed by atoms with Crippen LogP contribution in [-0.2, 0) is 12.8 Å². The van der Waals surface area contributed by atoms with E-state index in [0.29, 0.717) is 17.3 Å². The van der Waals surface area contributed by atoms with Gasteiger partial charge in [-0.05, 0) is 31.2 Å². The first-order valence-corrected chi connectivity index (χ1v) is 6.34. The summed E-state index contributed by atoms with van der Waals surface area (Å²) in [6.07, 6.45) is -1.21. The van der Waals surface area contributed by atoms with Crippen molar-refractivity contribution >= 4 is 5.82 Å². The van der Waals surface area contributed by atoms with E-state index in [1.54, 1.807) is 12.4 Å². The highest BCUT2D eigenvalue weighted by atomic mass is 19.4. The Bertz CT molecular complexity index is 568. The molecule has 21 heavy (non-hydrogen) atoms. The molecule has 0 aliphatic rings. The average Bonchev–Trinajstić information content (AvgIpc) is 2.46. The second-order valence-corrected chi connectivity index (χ2v) is 4.23. The standard InChI is InChI=1S/C14H14F3N3O/c1-2-18-13-8-19-11(7-20-13)9-21-12-5-3-10(4-6-12)14(15,16)17/h3-8H,2,9H2,1H3,(H,18,20). The first-order chi connectivity index (χ1) is 9.99. The van der Waals surface area contributed by atoms with Crippen molar-refractivity contribution in [2.24, 2.45) is 0 Å². The Hall–Kier alpha value is -2.31. The zero-order chi connectivity index (χ0) is 15.3. The molecule has 4 nitrogen and oxygen atoms in total. The fraction of sp³-hybridized carbons (Fsp3) is 0.286. The maximum absolute atomic E-state index is 12.4. The van der Waals surface area contributed by atoms with Crippen LogP contribution in [0.3, 0.4) is 0 Å². The maximum atomic E-state index is 12.4. The smallest absolute Gasteiger partial charge is 0.416 e. The lowest BCUT2D eigenvalue weighted by Crippen LogP contribution is -2.05. The van der Waals surface area contributed by atoms with Crippen LogP contribution in [0.4, 0.5) is 19.0 Å². The molecule has 7 heteroatoms. The quantitative estimate of drug-likeness (QED) is 0.917. The van der Waals surface area contributed by atoms with Crippen LogP contribution in [0.15, 0.2) is 36.7 Å². The van der Waals surface area contributed by atoms with Gasteiger partial charge < -0.3 is 10.1 Å². The molecule has 0 aliphatic heterocycles. The summed E-state index contributed by atoms with van der Waals surface area (Å²) in [4.78, 5) is 8.26. The minimum atomic E-state index is -4.34. The van der Waals surface area contributed by atoms with Gasteiger partial charge in [-0.1, -0.05) is 0 Å². The molecule has 0 fully saturated rings. The molecule has 0 saturated heterocycles. The summed E-state index contributed by atoms with van der Waals surface area (Å²) in [6, 6.07) is 4.52. The second-order valence-electron chi connectivity index (χ2n) is 4.23. The number of nitrogens with one attached hydrogen (secondary N) is 1. The molecule has 0 saturated carbocycles. The molecule has 112 valence electrons. The summed E-state index contributed by atoms with van der Waals surface area (Å²) in [5, 5.41) is 3.01. The van der Waals surface area contributed by atoms with Gasteiger partial charge in [-0.15, -0.1) is 0 Å². The van der Waals surface area contributed by atoms with Gasteiger partial charge in [0.25, 0.3) is 0 Å². The summed E-state index contributed by atoms with van der Waals surface area (Å²) >= 11 is 0. The van der Waals surface area contributed by atoms with Crippen molar-refractivity contribution in [3.05, 3.63) is 47.9 Å². The van der Waals surface area contributed by atoms with Gasteiger partial charge in [0.15, 0.2) is 0 Å². The van der Waals surface area contributed by atoms with Crippen LogP contribution < -0.4 is 10.1 Å². The molecular weight excluding hydrogens is 283 g/mol. The van der Waals surface area contributed by atoms with E-state index in [9.17, 15) is 13.2 Å². The van der Waals surface area contributed by atoms with Crippen molar-refractivity contribution in [1.29, 1.82) is 0 Å². The van der Waals surface area contributed by atoms with E-state index in [1.807, 2.05) is 6.92 Å². The van der Waals surface area contributed by atoms with Crippen LogP contribution in [0.25, 0.3) is 0 Å². The molecule has 1 aromatic carbocycles. The zero-order valence-electron chi connectivity index (χ0n) is 11.3. The number of rotatable bonds is 5. The van der Waals surface area contributed by atoms with E-state index >= 15 is 0 Å². The first kappa shape index (κ1) is 15.1. The van der Waals surface area contributed by atoms with Crippen molar-refractivity contribution in [2.75, 3.05) is 11.9 Å². The van der Waals surface area contributed by atoms with Gasteiger partial charge in [0.1, 0.15) is 18.2 Å². The van der Waals surface area contributed by atoms with Crippen molar-refractivity contribution in [1.82, 2.24) is 9.97 Å². The number of ether oxygens (including phenoxy) is 1. The fourth-order valence-electron chi connectivity index (χ4n) is 1.60. The van der Waals surface area contributed by atoms with Crippen LogP contribution in [0.5, 0.6) is 5.75 Å². The summed E-state index contributed by atoms with van der Waals surface area (Å²) in [5.74, 6) is 1.01. The molecule has 0 unspecified atom stereocenters. The predicted molar refractivity (Wildman–Crippen MR) is 72.0 cm³/mol. The topological polar surface area (TPSA) is 47.0 Å². The Morgan fingerprint density at radius 2 is 1.81 bits per heavy atom. The van der Waals surface area contributed by atoms with Gasteiger partial charge in [-0.25, -0.2) is 4.98 Å². The van der Waals surface area contributed by atoms with E-state index in [2.05, 4.69) is 15.3 Å². The molecular formula is C14H14F3N3O. The first-order valence-electron chi connectivity index (χ1n) is 6.34. The molecule has 1 aromatic heterocycles. The molecule has 2 rings (SSSR count). The van der Waals surface area contributed by atoms with Gasteiger partial charge in [0, 0.05) is 6.54 Å². The van der Waals surface area contributed by atoms with Gasteiger partial charge in [0.05, 0.1) is 23.7 Å². The molecule has 0 atom stereocenters. The van der Waals surface area contributed by atoms with Crippen LogP contribution in [0.2, 0.25) is 0 Å². The van der Waals surface area contributed by atoms with E-state index in [-0.39, 0.29) is 6.61 Å². The number of aromatic nitrogens is 2. The third kappa shape index (κ3) is 4.34. The Morgan fingerprint density at radius 1 is 1.10 bits per heavy atom. The highest BCUT2D eigenvalue weighted by molar-refractivity contribution is 5.31. The summed E-state index contributed by atoms with van der Waals surface area (Å²) in [6.45, 7) is 2.84. The Labute approximate surface area is 120 Å². The SMILES string of the molecule is CCNc1cnc(COc2ccc(C(F)(F)F)cc2)cn1. The third-order valence-corrected chi connectivity index (χ3v) is 2.63. The van der Waals surface area contributed by atoms with Gasteiger partial charge in [0.2, 0.25) is 0 Å². The van der Waals surface area contributed by atoms with E-state index in [1.165, 1.54) is 12.1 Å². The second kappa shape index (κ2) is 6.43. The molecule has 1 heterocycles.